The van der Waals surface area contributed by atoms with E-state index in [0.29, 0.717) is 23.4 Å². The van der Waals surface area contributed by atoms with Crippen LogP contribution in [0.3, 0.4) is 0 Å². The lowest BCUT2D eigenvalue weighted by Gasteiger charge is -2.53. The van der Waals surface area contributed by atoms with Crippen LogP contribution in [0.5, 0.6) is 0 Å². The lowest BCUT2D eigenvalue weighted by atomic mass is 9.51. The summed E-state index contributed by atoms with van der Waals surface area (Å²) >= 11 is 0. The van der Waals surface area contributed by atoms with Gasteiger partial charge in [0, 0.05) is 12.3 Å². The van der Waals surface area contributed by atoms with Crippen LogP contribution in [0.25, 0.3) is 0 Å². The van der Waals surface area contributed by atoms with Crippen molar-refractivity contribution in [3.63, 3.8) is 0 Å². The van der Waals surface area contributed by atoms with Crippen molar-refractivity contribution in [2.45, 2.75) is 65.2 Å². The second-order valence-electron chi connectivity index (χ2n) is 8.59. The van der Waals surface area contributed by atoms with E-state index < -0.39 is 0 Å². The van der Waals surface area contributed by atoms with Gasteiger partial charge in [0.05, 0.1) is 0 Å². The molecular weight excluding hydrogens is 272 g/mol. The van der Waals surface area contributed by atoms with Crippen molar-refractivity contribution in [1.29, 1.82) is 0 Å². The van der Waals surface area contributed by atoms with Gasteiger partial charge in [-0.05, 0) is 87.0 Å². The third-order valence-electron chi connectivity index (χ3n) is 7.79. The predicted octanol–water partition coefficient (Wildman–Crippen LogP) is 4.33. The van der Waals surface area contributed by atoms with Crippen molar-refractivity contribution in [2.24, 2.45) is 35.0 Å². The predicted molar refractivity (Wildman–Crippen MR) is 86.3 cm³/mol. The summed E-state index contributed by atoms with van der Waals surface area (Å²) < 4.78 is 0. The molecule has 3 unspecified atom stereocenters. The van der Waals surface area contributed by atoms with E-state index >= 15 is 0 Å². The average molecular weight is 300 g/mol. The summed E-state index contributed by atoms with van der Waals surface area (Å²) in [4.78, 5) is 23.8. The quantitative estimate of drug-likeness (QED) is 0.722. The van der Waals surface area contributed by atoms with Gasteiger partial charge in [0.2, 0.25) is 0 Å². The second-order valence-corrected chi connectivity index (χ2v) is 8.59. The molecule has 3 saturated carbocycles. The van der Waals surface area contributed by atoms with E-state index in [9.17, 15) is 9.59 Å². The van der Waals surface area contributed by atoms with Crippen LogP contribution >= 0.6 is 0 Å². The first kappa shape index (κ1) is 14.7. The molecule has 4 aliphatic carbocycles. The van der Waals surface area contributed by atoms with E-state index in [1.165, 1.54) is 31.3 Å². The Morgan fingerprint density at radius 1 is 1.09 bits per heavy atom. The highest BCUT2D eigenvalue weighted by Crippen LogP contribution is 2.63. The number of hydrogen-bond donors (Lipinski definition) is 0. The molecule has 4 rings (SSSR count). The van der Waals surface area contributed by atoms with Crippen molar-refractivity contribution >= 4 is 11.6 Å². The fourth-order valence-electron chi connectivity index (χ4n) is 6.85. The summed E-state index contributed by atoms with van der Waals surface area (Å²) in [6.07, 6.45) is 11.1. The Bertz CT molecular complexity index is 546. The molecule has 0 heterocycles. The summed E-state index contributed by atoms with van der Waals surface area (Å²) in [5, 5.41) is 0. The molecule has 0 amide bonds. The van der Waals surface area contributed by atoms with Gasteiger partial charge in [-0.15, -0.1) is 0 Å². The molecule has 0 aromatic heterocycles. The summed E-state index contributed by atoms with van der Waals surface area (Å²) in [6, 6.07) is 0. The van der Waals surface area contributed by atoms with Crippen molar-refractivity contribution < 1.29 is 9.59 Å². The molecule has 0 spiro atoms. The molecule has 0 saturated heterocycles. The highest BCUT2D eigenvalue weighted by molar-refractivity contribution is 5.91. The summed E-state index contributed by atoms with van der Waals surface area (Å²) in [6.45, 7) is 4.21. The minimum Gasteiger partial charge on any atom is -0.300 e. The van der Waals surface area contributed by atoms with Crippen LogP contribution in [-0.4, -0.2) is 11.6 Å². The molecule has 2 nitrogen and oxygen atoms in total. The van der Waals surface area contributed by atoms with Gasteiger partial charge in [0.1, 0.15) is 5.78 Å². The molecule has 2 heteroatoms. The minimum absolute atomic E-state index is 0.263. The number of Topliss-reactive ketones (excluding diaryl/α,β-unsaturated/α-hetero) is 1. The van der Waals surface area contributed by atoms with E-state index in [4.69, 9.17) is 0 Å². The minimum atomic E-state index is 0.263. The zero-order valence-corrected chi connectivity index (χ0v) is 13.9. The van der Waals surface area contributed by atoms with Crippen molar-refractivity contribution in [3.8, 4) is 0 Å². The number of hydrogen-bond acceptors (Lipinski definition) is 2. The maximum Gasteiger partial charge on any atom is 0.155 e. The highest BCUT2D eigenvalue weighted by Gasteiger charge is 2.57. The van der Waals surface area contributed by atoms with E-state index in [0.717, 1.165) is 43.4 Å². The summed E-state index contributed by atoms with van der Waals surface area (Å²) in [7, 11) is 0. The fourth-order valence-corrected chi connectivity index (χ4v) is 6.85. The Balaban J connectivity index is 1.62. The molecular formula is C20H28O2. The molecule has 0 bridgehead atoms. The van der Waals surface area contributed by atoms with Gasteiger partial charge in [0.25, 0.3) is 0 Å². The molecule has 0 aromatic rings. The molecule has 3 fully saturated rings. The van der Waals surface area contributed by atoms with Gasteiger partial charge in [-0.25, -0.2) is 0 Å². The molecule has 6 atom stereocenters. The molecule has 4 aliphatic rings. The lowest BCUT2D eigenvalue weighted by molar-refractivity contribution is -0.127. The number of allylic oxidation sites excluding steroid dienone is 1. The Kier molecular flexibility index (Phi) is 3.36. The molecule has 0 aliphatic heterocycles. The maximum atomic E-state index is 12.1. The first-order valence-corrected chi connectivity index (χ1v) is 9.24. The van der Waals surface area contributed by atoms with Crippen LogP contribution < -0.4 is 0 Å². The fraction of sp³-hybridized carbons (Fsp3) is 0.800. The zero-order chi connectivity index (χ0) is 15.5. The van der Waals surface area contributed by atoms with Crippen LogP contribution in [-0.2, 0) is 9.59 Å². The van der Waals surface area contributed by atoms with Crippen molar-refractivity contribution in [3.05, 3.63) is 11.6 Å². The van der Waals surface area contributed by atoms with E-state index in [-0.39, 0.29) is 5.41 Å². The normalized spacial score (nSPS) is 47.3. The average Bonchev–Trinajstić information content (AvgIpc) is 2.84. The summed E-state index contributed by atoms with van der Waals surface area (Å²) in [5.74, 6) is 4.10. The van der Waals surface area contributed by atoms with Gasteiger partial charge in [-0.1, -0.05) is 12.5 Å². The van der Waals surface area contributed by atoms with E-state index in [1.807, 2.05) is 6.08 Å². The van der Waals surface area contributed by atoms with Crippen LogP contribution in [0.2, 0.25) is 0 Å². The van der Waals surface area contributed by atoms with Gasteiger partial charge in [-0.2, -0.15) is 0 Å². The molecule has 0 radical (unpaired) electrons. The van der Waals surface area contributed by atoms with Gasteiger partial charge in [0.15, 0.2) is 5.78 Å². The lowest BCUT2D eigenvalue weighted by Crippen LogP contribution is -2.47. The topological polar surface area (TPSA) is 34.1 Å². The van der Waals surface area contributed by atoms with Crippen LogP contribution in [0.15, 0.2) is 11.6 Å². The monoisotopic (exact) mass is 300 g/mol. The highest BCUT2D eigenvalue weighted by atomic mass is 16.1. The first-order chi connectivity index (χ1) is 10.5. The molecule has 120 valence electrons. The van der Waals surface area contributed by atoms with Crippen LogP contribution in [0.4, 0.5) is 0 Å². The SMILES string of the molecule is CC(=O)[C@@H]1CCC2C3CCC4=CC(=O)CC[C@@H]4C3CC[C@@]21C. The van der Waals surface area contributed by atoms with Crippen molar-refractivity contribution in [1.82, 2.24) is 0 Å². The number of fused-ring (bicyclic) bond motifs is 5. The Morgan fingerprint density at radius 3 is 2.68 bits per heavy atom. The maximum absolute atomic E-state index is 12.1. The van der Waals surface area contributed by atoms with Gasteiger partial charge in [-0.3, -0.25) is 9.59 Å². The third kappa shape index (κ3) is 1.98. The van der Waals surface area contributed by atoms with E-state index in [1.54, 1.807) is 6.92 Å². The Morgan fingerprint density at radius 2 is 1.91 bits per heavy atom. The zero-order valence-electron chi connectivity index (χ0n) is 13.9. The van der Waals surface area contributed by atoms with Crippen molar-refractivity contribution in [2.75, 3.05) is 0 Å². The van der Waals surface area contributed by atoms with Crippen LogP contribution in [0.1, 0.15) is 65.2 Å². The smallest absolute Gasteiger partial charge is 0.155 e. The van der Waals surface area contributed by atoms with Gasteiger partial charge < -0.3 is 0 Å². The standard InChI is InChI=1S/C20H28O2/c1-12(21)18-7-8-19-17-5-3-13-11-14(22)4-6-15(13)16(17)9-10-20(18,19)2/h11,15-19H,3-10H2,1-2H3/t15-,16?,17?,18-,19?,20+/m0/s1. The molecule has 0 aromatic carbocycles. The molecule has 0 N–H and O–H groups in total. The summed E-state index contributed by atoms with van der Waals surface area (Å²) in [5.41, 5.74) is 1.72. The Labute approximate surface area is 133 Å². The number of carbonyl (C=O) groups excluding carboxylic acids is 2. The van der Waals surface area contributed by atoms with Crippen LogP contribution in [0, 0.1) is 35.0 Å². The molecule has 22 heavy (non-hydrogen) atoms. The van der Waals surface area contributed by atoms with Gasteiger partial charge >= 0.3 is 0 Å². The van der Waals surface area contributed by atoms with E-state index in [2.05, 4.69) is 6.92 Å². The number of carbonyl (C=O) groups is 2. The largest absolute Gasteiger partial charge is 0.300 e. The second kappa shape index (κ2) is 5.04. The Hall–Kier alpha value is -0.920. The first-order valence-electron chi connectivity index (χ1n) is 9.24. The number of ketones is 2. The number of rotatable bonds is 1. The third-order valence-corrected chi connectivity index (χ3v) is 7.79.